The molecule has 100 valence electrons. The van der Waals surface area contributed by atoms with E-state index in [1.54, 1.807) is 13.3 Å². The quantitative estimate of drug-likeness (QED) is 0.735. The number of hydrogen-bond acceptors (Lipinski definition) is 6. The summed E-state index contributed by atoms with van der Waals surface area (Å²) in [6, 6.07) is 7.62. The minimum absolute atomic E-state index is 0.257. The average molecular weight is 267 g/mol. The van der Waals surface area contributed by atoms with Crippen LogP contribution in [0.15, 0.2) is 36.7 Å². The minimum atomic E-state index is 0.257. The van der Waals surface area contributed by atoms with Crippen molar-refractivity contribution in [3.05, 3.63) is 36.7 Å². The summed E-state index contributed by atoms with van der Waals surface area (Å²) in [7, 11) is 1.63. The maximum Gasteiger partial charge on any atom is 0.154 e. The van der Waals surface area contributed by atoms with Gasteiger partial charge in [0.15, 0.2) is 5.82 Å². The number of ether oxygens (including phenoxy) is 1. The van der Waals surface area contributed by atoms with E-state index in [4.69, 9.17) is 16.2 Å². The van der Waals surface area contributed by atoms with Gasteiger partial charge in [-0.1, -0.05) is 12.1 Å². The molecular weight excluding hydrogens is 254 g/mol. The Kier molecular flexibility index (Phi) is 2.83. The molecule has 0 bridgehead atoms. The molecule has 3 aromatic rings. The maximum atomic E-state index is 5.89. The van der Waals surface area contributed by atoms with Crippen LogP contribution in [0.1, 0.15) is 0 Å². The number of rotatable bonds is 2. The van der Waals surface area contributed by atoms with Gasteiger partial charge in [-0.15, -0.1) is 0 Å². The largest absolute Gasteiger partial charge is 0.496 e. The Morgan fingerprint density at radius 2 is 1.85 bits per heavy atom. The van der Waals surface area contributed by atoms with Gasteiger partial charge in [-0.2, -0.15) is 0 Å². The van der Waals surface area contributed by atoms with E-state index < -0.39 is 0 Å². The zero-order valence-corrected chi connectivity index (χ0v) is 10.9. The van der Waals surface area contributed by atoms with Crippen molar-refractivity contribution in [1.29, 1.82) is 0 Å². The van der Waals surface area contributed by atoms with E-state index in [9.17, 15) is 0 Å². The van der Waals surface area contributed by atoms with Crippen molar-refractivity contribution in [2.45, 2.75) is 0 Å². The lowest BCUT2D eigenvalue weighted by atomic mass is 10.1. The highest BCUT2D eigenvalue weighted by molar-refractivity contribution is 5.98. The Morgan fingerprint density at radius 3 is 2.60 bits per heavy atom. The third kappa shape index (κ3) is 1.87. The van der Waals surface area contributed by atoms with E-state index in [0.717, 1.165) is 16.5 Å². The van der Waals surface area contributed by atoms with Gasteiger partial charge in [-0.05, 0) is 12.1 Å². The highest BCUT2D eigenvalue weighted by Crippen LogP contribution is 2.32. The molecule has 0 aliphatic carbocycles. The molecule has 6 heteroatoms. The van der Waals surface area contributed by atoms with Gasteiger partial charge in [0.2, 0.25) is 0 Å². The van der Waals surface area contributed by atoms with Gasteiger partial charge in [0.05, 0.1) is 13.3 Å². The predicted octanol–water partition coefficient (Wildman–Crippen LogP) is 1.86. The summed E-state index contributed by atoms with van der Waals surface area (Å²) in [4.78, 5) is 12.6. The number of nitrogens with zero attached hydrogens (tertiary/aromatic N) is 3. The molecule has 0 atom stereocenters. The minimum Gasteiger partial charge on any atom is -0.496 e. The fourth-order valence-electron chi connectivity index (χ4n) is 2.15. The van der Waals surface area contributed by atoms with Gasteiger partial charge in [0, 0.05) is 17.0 Å². The fraction of sp³-hybridized carbons (Fsp3) is 0.0714. The van der Waals surface area contributed by atoms with Gasteiger partial charge in [0.1, 0.15) is 23.0 Å². The monoisotopic (exact) mass is 267 g/mol. The third-order valence-corrected chi connectivity index (χ3v) is 3.03. The Bertz CT molecular complexity index is 788. The fourth-order valence-corrected chi connectivity index (χ4v) is 2.15. The van der Waals surface area contributed by atoms with Crippen LogP contribution in [-0.4, -0.2) is 22.1 Å². The molecule has 0 saturated heterocycles. The molecule has 4 N–H and O–H groups in total. The van der Waals surface area contributed by atoms with E-state index in [0.29, 0.717) is 11.4 Å². The molecule has 0 aliphatic rings. The average Bonchev–Trinajstić information content (AvgIpc) is 2.46. The molecule has 0 saturated carbocycles. The summed E-state index contributed by atoms with van der Waals surface area (Å²) >= 11 is 0. The van der Waals surface area contributed by atoms with Crippen LogP contribution in [0.5, 0.6) is 5.75 Å². The summed E-state index contributed by atoms with van der Waals surface area (Å²) < 4.78 is 5.35. The van der Waals surface area contributed by atoms with E-state index in [2.05, 4.69) is 15.0 Å². The maximum absolute atomic E-state index is 5.89. The molecular formula is C14H13N5O. The first kappa shape index (κ1) is 12.2. The highest BCUT2D eigenvalue weighted by atomic mass is 16.5. The molecule has 6 nitrogen and oxygen atoms in total. The van der Waals surface area contributed by atoms with Gasteiger partial charge < -0.3 is 16.2 Å². The topological polar surface area (TPSA) is 99.9 Å². The van der Waals surface area contributed by atoms with Crippen LogP contribution in [-0.2, 0) is 0 Å². The van der Waals surface area contributed by atoms with Gasteiger partial charge >= 0.3 is 0 Å². The molecule has 2 aromatic heterocycles. The van der Waals surface area contributed by atoms with E-state index in [-0.39, 0.29) is 11.6 Å². The van der Waals surface area contributed by atoms with Crippen molar-refractivity contribution in [2.24, 2.45) is 0 Å². The first-order chi connectivity index (χ1) is 9.70. The van der Waals surface area contributed by atoms with Crippen LogP contribution in [0, 0.1) is 0 Å². The Morgan fingerprint density at radius 1 is 1.00 bits per heavy atom. The molecule has 0 radical (unpaired) electrons. The number of aromatic nitrogens is 3. The second-order valence-electron chi connectivity index (χ2n) is 4.24. The molecule has 0 aliphatic heterocycles. The van der Waals surface area contributed by atoms with Crippen molar-refractivity contribution < 1.29 is 4.74 Å². The van der Waals surface area contributed by atoms with Gasteiger partial charge in [-0.25, -0.2) is 9.97 Å². The van der Waals surface area contributed by atoms with Crippen molar-refractivity contribution in [3.63, 3.8) is 0 Å². The summed E-state index contributed by atoms with van der Waals surface area (Å²) in [6.45, 7) is 0. The SMILES string of the molecule is COc1cccc2c(-c3ncc(N)nc3N)nccc12. The standard InChI is InChI=1S/C14H13N5O/c1-20-10-4-2-3-9-8(10)5-6-17-12(9)13-14(16)19-11(15)7-18-13/h2-7H,1H3,(H4,15,16,19). The highest BCUT2D eigenvalue weighted by Gasteiger charge is 2.13. The first-order valence-electron chi connectivity index (χ1n) is 6.01. The van der Waals surface area contributed by atoms with E-state index in [1.165, 1.54) is 6.20 Å². The Hall–Kier alpha value is -2.89. The zero-order valence-electron chi connectivity index (χ0n) is 10.9. The number of anilines is 2. The van der Waals surface area contributed by atoms with Crippen molar-refractivity contribution in [1.82, 2.24) is 15.0 Å². The second-order valence-corrected chi connectivity index (χ2v) is 4.24. The van der Waals surface area contributed by atoms with Crippen LogP contribution in [0.2, 0.25) is 0 Å². The number of benzene rings is 1. The molecule has 0 unspecified atom stereocenters. The van der Waals surface area contributed by atoms with Crippen LogP contribution in [0.3, 0.4) is 0 Å². The molecule has 0 fully saturated rings. The normalized spacial score (nSPS) is 10.7. The van der Waals surface area contributed by atoms with Crippen molar-refractivity contribution in [2.75, 3.05) is 18.6 Å². The summed E-state index contributed by atoms with van der Waals surface area (Å²) in [6.07, 6.45) is 3.16. The summed E-state index contributed by atoms with van der Waals surface area (Å²) in [5.41, 5.74) is 12.6. The Labute approximate surface area is 115 Å². The zero-order chi connectivity index (χ0) is 14.1. The molecule has 2 heterocycles. The summed E-state index contributed by atoms with van der Waals surface area (Å²) in [5.74, 6) is 1.31. The smallest absolute Gasteiger partial charge is 0.154 e. The lowest BCUT2D eigenvalue weighted by Gasteiger charge is -2.09. The number of pyridine rings is 1. The third-order valence-electron chi connectivity index (χ3n) is 3.03. The molecule has 0 spiro atoms. The number of nitrogen functional groups attached to an aromatic ring is 2. The number of fused-ring (bicyclic) bond motifs is 1. The van der Waals surface area contributed by atoms with E-state index in [1.807, 2.05) is 24.3 Å². The van der Waals surface area contributed by atoms with Crippen molar-refractivity contribution >= 4 is 22.4 Å². The number of hydrogen-bond donors (Lipinski definition) is 2. The van der Waals surface area contributed by atoms with Crippen LogP contribution >= 0.6 is 0 Å². The van der Waals surface area contributed by atoms with Crippen LogP contribution in [0.4, 0.5) is 11.6 Å². The predicted molar refractivity (Wildman–Crippen MR) is 78.1 cm³/mol. The lowest BCUT2D eigenvalue weighted by molar-refractivity contribution is 0.420. The van der Waals surface area contributed by atoms with E-state index >= 15 is 0 Å². The molecule has 1 aromatic carbocycles. The first-order valence-corrected chi connectivity index (χ1v) is 6.01. The van der Waals surface area contributed by atoms with Crippen molar-refractivity contribution in [3.8, 4) is 17.1 Å². The van der Waals surface area contributed by atoms with Crippen LogP contribution < -0.4 is 16.2 Å². The van der Waals surface area contributed by atoms with Gasteiger partial charge in [0.25, 0.3) is 0 Å². The summed E-state index contributed by atoms with van der Waals surface area (Å²) in [5, 5.41) is 1.84. The lowest BCUT2D eigenvalue weighted by Crippen LogP contribution is -2.02. The van der Waals surface area contributed by atoms with Crippen LogP contribution in [0.25, 0.3) is 22.2 Å². The molecule has 20 heavy (non-hydrogen) atoms. The Balaban J connectivity index is 2.31. The second kappa shape index (κ2) is 4.65. The van der Waals surface area contributed by atoms with Gasteiger partial charge in [-0.3, -0.25) is 4.98 Å². The molecule has 0 amide bonds. The number of nitrogens with two attached hydrogens (primary N) is 2. The molecule has 3 rings (SSSR count). The number of methoxy groups -OCH3 is 1.